The lowest BCUT2D eigenvalue weighted by atomic mass is 9.87. The normalized spacial score (nSPS) is 17.2. The van der Waals surface area contributed by atoms with Crippen LogP contribution in [0.2, 0.25) is 5.02 Å². The van der Waals surface area contributed by atoms with Crippen LogP contribution in [0, 0.1) is 0 Å². The van der Waals surface area contributed by atoms with Crippen molar-refractivity contribution in [1.29, 1.82) is 0 Å². The summed E-state index contributed by atoms with van der Waals surface area (Å²) < 4.78 is 5.40. The first-order valence-electron chi connectivity index (χ1n) is 12.4. The van der Waals surface area contributed by atoms with Gasteiger partial charge in [0.15, 0.2) is 0 Å². The Morgan fingerprint density at radius 3 is 2.42 bits per heavy atom. The Morgan fingerprint density at radius 2 is 1.73 bits per heavy atom. The summed E-state index contributed by atoms with van der Waals surface area (Å²) in [5.74, 6) is 1.21. The molecule has 1 fully saturated rings. The van der Waals surface area contributed by atoms with E-state index in [2.05, 4.69) is 78.2 Å². The molecule has 4 rings (SSSR count). The zero-order valence-electron chi connectivity index (χ0n) is 20.3. The van der Waals surface area contributed by atoms with Crippen LogP contribution in [0.25, 0.3) is 10.8 Å². The highest BCUT2D eigenvalue weighted by molar-refractivity contribution is 6.37. The molecule has 1 heterocycles. The third-order valence-corrected chi connectivity index (χ3v) is 7.63. The van der Waals surface area contributed by atoms with Crippen LogP contribution in [-0.4, -0.2) is 49.1 Å². The van der Waals surface area contributed by atoms with Crippen LogP contribution in [-0.2, 0) is 6.54 Å². The summed E-state index contributed by atoms with van der Waals surface area (Å²) in [6, 6.07) is 22.3. The molecule has 1 aliphatic heterocycles. The van der Waals surface area contributed by atoms with E-state index in [-0.39, 0.29) is 0 Å². The van der Waals surface area contributed by atoms with Gasteiger partial charge in [0.1, 0.15) is 5.75 Å². The topological polar surface area (TPSA) is 15.7 Å². The molecule has 1 saturated heterocycles. The second kappa shape index (κ2) is 11.4. The average Bonchev–Trinajstić information content (AvgIpc) is 2.86. The van der Waals surface area contributed by atoms with Gasteiger partial charge in [-0.2, -0.15) is 0 Å². The molecule has 176 valence electrons. The molecule has 0 N–H and O–H groups in total. The SMILES string of the molecule is CCCC[C@H](C(C)c1ccc2c(Cl)c(OC)ccc2c1)N1CCN(Cc2ccccc2)CC1. The van der Waals surface area contributed by atoms with Gasteiger partial charge >= 0.3 is 0 Å². The van der Waals surface area contributed by atoms with E-state index in [9.17, 15) is 0 Å². The maximum absolute atomic E-state index is 6.56. The Kier molecular flexibility index (Phi) is 8.29. The van der Waals surface area contributed by atoms with E-state index in [1.165, 1.54) is 35.8 Å². The molecule has 3 aromatic carbocycles. The fourth-order valence-corrected chi connectivity index (χ4v) is 5.52. The molecule has 4 heteroatoms. The van der Waals surface area contributed by atoms with Gasteiger partial charge in [-0.1, -0.05) is 92.9 Å². The number of nitrogens with zero attached hydrogens (tertiary/aromatic N) is 2. The molecule has 0 aromatic heterocycles. The Morgan fingerprint density at radius 1 is 0.970 bits per heavy atom. The molecule has 0 bridgehead atoms. The van der Waals surface area contributed by atoms with Crippen molar-refractivity contribution in [3.8, 4) is 5.75 Å². The lowest BCUT2D eigenvalue weighted by Crippen LogP contribution is -2.51. The van der Waals surface area contributed by atoms with E-state index < -0.39 is 0 Å². The van der Waals surface area contributed by atoms with Crippen LogP contribution in [0.1, 0.15) is 50.2 Å². The second-order valence-corrected chi connectivity index (χ2v) is 9.74. The third-order valence-electron chi connectivity index (χ3n) is 7.24. The molecule has 0 aliphatic carbocycles. The first-order valence-corrected chi connectivity index (χ1v) is 12.7. The van der Waals surface area contributed by atoms with Gasteiger partial charge in [0.2, 0.25) is 0 Å². The zero-order chi connectivity index (χ0) is 23.2. The summed E-state index contributed by atoms with van der Waals surface area (Å²) in [4.78, 5) is 5.34. The van der Waals surface area contributed by atoms with E-state index in [1.54, 1.807) is 7.11 Å². The maximum Gasteiger partial charge on any atom is 0.138 e. The highest BCUT2D eigenvalue weighted by Crippen LogP contribution is 2.35. The minimum atomic E-state index is 0.475. The number of halogens is 1. The van der Waals surface area contributed by atoms with Crippen molar-refractivity contribution in [2.24, 2.45) is 0 Å². The van der Waals surface area contributed by atoms with Crippen LogP contribution in [0.15, 0.2) is 60.7 Å². The molecule has 1 aliphatic rings. The highest BCUT2D eigenvalue weighted by Gasteiger charge is 2.28. The molecule has 2 atom stereocenters. The number of hydrogen-bond donors (Lipinski definition) is 0. The summed E-state index contributed by atoms with van der Waals surface area (Å²) in [7, 11) is 1.67. The number of rotatable bonds is 9. The second-order valence-electron chi connectivity index (χ2n) is 9.36. The van der Waals surface area contributed by atoms with Crippen molar-refractivity contribution in [3.63, 3.8) is 0 Å². The fourth-order valence-electron chi connectivity index (χ4n) is 5.21. The van der Waals surface area contributed by atoms with E-state index >= 15 is 0 Å². The van der Waals surface area contributed by atoms with Crippen molar-refractivity contribution in [3.05, 3.63) is 76.8 Å². The van der Waals surface area contributed by atoms with Crippen LogP contribution >= 0.6 is 11.6 Å². The number of ether oxygens (including phenoxy) is 1. The predicted molar refractivity (Wildman–Crippen MR) is 141 cm³/mol. The maximum atomic E-state index is 6.56. The van der Waals surface area contributed by atoms with Crippen molar-refractivity contribution in [1.82, 2.24) is 9.80 Å². The van der Waals surface area contributed by atoms with Gasteiger partial charge in [-0.15, -0.1) is 0 Å². The predicted octanol–water partition coefficient (Wildman–Crippen LogP) is 6.98. The molecule has 0 spiro atoms. The van der Waals surface area contributed by atoms with Gasteiger partial charge in [-0.25, -0.2) is 0 Å². The number of fused-ring (bicyclic) bond motifs is 1. The van der Waals surface area contributed by atoms with Gasteiger partial charge < -0.3 is 4.74 Å². The van der Waals surface area contributed by atoms with Gasteiger partial charge in [0, 0.05) is 44.2 Å². The minimum Gasteiger partial charge on any atom is -0.495 e. The van der Waals surface area contributed by atoms with Gasteiger partial charge in [0.25, 0.3) is 0 Å². The molecule has 0 amide bonds. The summed E-state index contributed by atoms with van der Waals surface area (Å²) in [5.41, 5.74) is 2.81. The molecular formula is C29H37ClN2O. The standard InChI is InChI=1S/C29H37ClN2O/c1-4-5-11-27(32-18-16-31(17-19-32)21-23-9-7-6-8-10-23)22(2)24-12-14-26-25(20-24)13-15-28(33-3)29(26)30/h6-10,12-15,20,22,27H,4-5,11,16-19,21H2,1-3H3/t22?,27-/m1/s1. The summed E-state index contributed by atoms with van der Waals surface area (Å²) in [6.45, 7) is 10.3. The minimum absolute atomic E-state index is 0.475. The van der Waals surface area contributed by atoms with Gasteiger partial charge in [-0.05, 0) is 34.9 Å². The summed E-state index contributed by atoms with van der Waals surface area (Å²) in [6.07, 6.45) is 3.76. The zero-order valence-corrected chi connectivity index (χ0v) is 21.0. The quantitative estimate of drug-likeness (QED) is 0.339. The molecule has 1 unspecified atom stereocenters. The van der Waals surface area contributed by atoms with Crippen molar-refractivity contribution >= 4 is 22.4 Å². The Labute approximate surface area is 204 Å². The average molecular weight is 465 g/mol. The first-order chi connectivity index (χ1) is 16.1. The third kappa shape index (κ3) is 5.71. The Hall–Kier alpha value is -2.07. The van der Waals surface area contributed by atoms with Crippen LogP contribution < -0.4 is 4.74 Å². The highest BCUT2D eigenvalue weighted by atomic mass is 35.5. The summed E-state index contributed by atoms with van der Waals surface area (Å²) in [5, 5.41) is 2.95. The van der Waals surface area contributed by atoms with Gasteiger partial charge in [-0.3, -0.25) is 9.80 Å². The van der Waals surface area contributed by atoms with E-state index in [0.29, 0.717) is 17.0 Å². The summed E-state index contributed by atoms with van der Waals surface area (Å²) >= 11 is 6.56. The van der Waals surface area contributed by atoms with Crippen molar-refractivity contribution < 1.29 is 4.74 Å². The number of piperazine rings is 1. The molecule has 3 nitrogen and oxygen atoms in total. The largest absolute Gasteiger partial charge is 0.495 e. The Bertz CT molecular complexity index is 1030. The molecule has 3 aromatic rings. The number of benzene rings is 3. The van der Waals surface area contributed by atoms with Crippen LogP contribution in [0.5, 0.6) is 5.75 Å². The fraction of sp³-hybridized carbons (Fsp3) is 0.448. The van der Waals surface area contributed by atoms with Crippen LogP contribution in [0.4, 0.5) is 0 Å². The molecule has 0 saturated carbocycles. The van der Waals surface area contributed by atoms with Crippen molar-refractivity contribution in [2.45, 2.75) is 51.6 Å². The number of unbranched alkanes of at least 4 members (excludes halogenated alkanes) is 1. The number of methoxy groups -OCH3 is 1. The molecule has 33 heavy (non-hydrogen) atoms. The van der Waals surface area contributed by atoms with E-state index in [1.807, 2.05) is 6.07 Å². The van der Waals surface area contributed by atoms with E-state index in [4.69, 9.17) is 16.3 Å². The lowest BCUT2D eigenvalue weighted by molar-refractivity contribution is 0.0774. The molecule has 0 radical (unpaired) electrons. The number of hydrogen-bond acceptors (Lipinski definition) is 3. The lowest BCUT2D eigenvalue weighted by Gasteiger charge is -2.42. The smallest absolute Gasteiger partial charge is 0.138 e. The monoisotopic (exact) mass is 464 g/mol. The van der Waals surface area contributed by atoms with Crippen LogP contribution in [0.3, 0.4) is 0 Å². The van der Waals surface area contributed by atoms with Crippen molar-refractivity contribution in [2.75, 3.05) is 33.3 Å². The first kappa shape index (κ1) is 24.1. The Balaban J connectivity index is 1.47. The van der Waals surface area contributed by atoms with E-state index in [0.717, 1.165) is 43.9 Å². The molecular weight excluding hydrogens is 428 g/mol. The van der Waals surface area contributed by atoms with Gasteiger partial charge in [0.05, 0.1) is 12.1 Å².